The van der Waals surface area contributed by atoms with Gasteiger partial charge in [-0.1, -0.05) is 6.07 Å². The number of rotatable bonds is 3. The zero-order valence-electron chi connectivity index (χ0n) is 12.3. The highest BCUT2D eigenvalue weighted by atomic mass is 35.5. The Labute approximate surface area is 130 Å². The molecule has 1 aliphatic rings. The van der Waals surface area contributed by atoms with Crippen LogP contribution in [0.4, 0.5) is 5.69 Å². The SMILES string of the molecule is COC(=O)c1cc(NC(=O)C2CCNCC2)ccc1C.Cl. The second-order valence-corrected chi connectivity index (χ2v) is 5.03. The molecule has 116 valence electrons. The summed E-state index contributed by atoms with van der Waals surface area (Å²) in [6, 6.07) is 5.28. The lowest BCUT2D eigenvalue weighted by molar-refractivity contribution is -0.120. The van der Waals surface area contributed by atoms with E-state index >= 15 is 0 Å². The lowest BCUT2D eigenvalue weighted by Gasteiger charge is -2.22. The van der Waals surface area contributed by atoms with E-state index < -0.39 is 0 Å². The number of ether oxygens (including phenoxy) is 1. The number of methoxy groups -OCH3 is 1. The normalized spacial score (nSPS) is 15.0. The van der Waals surface area contributed by atoms with Gasteiger partial charge >= 0.3 is 5.97 Å². The van der Waals surface area contributed by atoms with Crippen LogP contribution in [0.3, 0.4) is 0 Å². The summed E-state index contributed by atoms with van der Waals surface area (Å²) in [5, 5.41) is 6.12. The molecule has 2 N–H and O–H groups in total. The first-order chi connectivity index (χ1) is 9.61. The molecule has 0 unspecified atom stereocenters. The van der Waals surface area contributed by atoms with Gasteiger partial charge in [0.05, 0.1) is 12.7 Å². The number of benzene rings is 1. The monoisotopic (exact) mass is 312 g/mol. The Bertz CT molecular complexity index is 514. The maximum atomic E-state index is 12.1. The zero-order valence-corrected chi connectivity index (χ0v) is 13.1. The summed E-state index contributed by atoms with van der Waals surface area (Å²) in [5.74, 6) is -0.328. The first-order valence-electron chi connectivity index (χ1n) is 6.82. The number of amides is 1. The molecule has 0 aliphatic carbocycles. The Kier molecular flexibility index (Phi) is 6.65. The number of aryl methyl sites for hydroxylation is 1. The van der Waals surface area contributed by atoms with Crippen molar-refractivity contribution >= 4 is 30.0 Å². The van der Waals surface area contributed by atoms with Gasteiger partial charge in [-0.3, -0.25) is 4.79 Å². The summed E-state index contributed by atoms with van der Waals surface area (Å²) in [5.41, 5.74) is 1.95. The first kappa shape index (κ1) is 17.5. The van der Waals surface area contributed by atoms with Crippen LogP contribution in [-0.2, 0) is 9.53 Å². The molecule has 1 heterocycles. The first-order valence-corrected chi connectivity index (χ1v) is 6.82. The molecule has 0 saturated carbocycles. The molecule has 0 atom stereocenters. The van der Waals surface area contributed by atoms with Crippen LogP contribution in [0.1, 0.15) is 28.8 Å². The van der Waals surface area contributed by atoms with Crippen molar-refractivity contribution < 1.29 is 14.3 Å². The van der Waals surface area contributed by atoms with Crippen LogP contribution in [0.5, 0.6) is 0 Å². The van der Waals surface area contributed by atoms with Crippen molar-refractivity contribution in [2.24, 2.45) is 5.92 Å². The molecule has 1 amide bonds. The Morgan fingerprint density at radius 1 is 1.29 bits per heavy atom. The molecular formula is C15H21ClN2O3. The molecule has 21 heavy (non-hydrogen) atoms. The van der Waals surface area contributed by atoms with Gasteiger partial charge in [0.2, 0.25) is 5.91 Å². The van der Waals surface area contributed by atoms with E-state index in [0.717, 1.165) is 31.5 Å². The molecule has 1 fully saturated rings. The highest BCUT2D eigenvalue weighted by Gasteiger charge is 2.21. The summed E-state index contributed by atoms with van der Waals surface area (Å²) in [6.07, 6.45) is 1.70. The number of anilines is 1. The molecule has 0 aromatic heterocycles. The summed E-state index contributed by atoms with van der Waals surface area (Å²) in [6.45, 7) is 3.59. The number of carbonyl (C=O) groups excluding carboxylic acids is 2. The van der Waals surface area contributed by atoms with Gasteiger partial charge in [0.15, 0.2) is 0 Å². The van der Waals surface area contributed by atoms with Gasteiger partial charge in [-0.25, -0.2) is 4.79 Å². The lowest BCUT2D eigenvalue weighted by Crippen LogP contribution is -2.34. The van der Waals surface area contributed by atoms with Crippen LogP contribution >= 0.6 is 12.4 Å². The van der Waals surface area contributed by atoms with Gasteiger partial charge in [-0.15, -0.1) is 12.4 Å². The fourth-order valence-corrected chi connectivity index (χ4v) is 2.36. The van der Waals surface area contributed by atoms with Gasteiger partial charge in [0.1, 0.15) is 0 Å². The fraction of sp³-hybridized carbons (Fsp3) is 0.467. The molecule has 6 heteroatoms. The van der Waals surface area contributed by atoms with Crippen LogP contribution < -0.4 is 10.6 Å². The van der Waals surface area contributed by atoms with Gasteiger partial charge < -0.3 is 15.4 Å². The van der Waals surface area contributed by atoms with Crippen LogP contribution in [0.25, 0.3) is 0 Å². The summed E-state index contributed by atoms with van der Waals surface area (Å²) < 4.78 is 4.73. The van der Waals surface area contributed by atoms with E-state index in [4.69, 9.17) is 4.74 Å². The number of hydrogen-bond acceptors (Lipinski definition) is 4. The standard InChI is InChI=1S/C15H20N2O3.ClH/c1-10-3-4-12(9-13(10)15(19)20-2)17-14(18)11-5-7-16-8-6-11;/h3-4,9,11,16H,5-8H2,1-2H3,(H,17,18);1H. The van der Waals surface area contributed by atoms with Gasteiger partial charge in [0, 0.05) is 11.6 Å². The van der Waals surface area contributed by atoms with E-state index in [-0.39, 0.29) is 30.2 Å². The van der Waals surface area contributed by atoms with Crippen molar-refractivity contribution in [3.63, 3.8) is 0 Å². The topological polar surface area (TPSA) is 67.4 Å². The quantitative estimate of drug-likeness (QED) is 0.839. The van der Waals surface area contributed by atoms with Gasteiger partial charge in [-0.05, 0) is 50.6 Å². The van der Waals surface area contributed by atoms with Crippen molar-refractivity contribution in [1.82, 2.24) is 5.32 Å². The number of carbonyl (C=O) groups is 2. The molecular weight excluding hydrogens is 292 g/mol. The second kappa shape index (κ2) is 8.00. The number of piperidine rings is 1. The van der Waals surface area contributed by atoms with Crippen molar-refractivity contribution in [3.8, 4) is 0 Å². The number of nitrogens with one attached hydrogen (secondary N) is 2. The van der Waals surface area contributed by atoms with E-state index in [1.54, 1.807) is 12.1 Å². The number of halogens is 1. The number of esters is 1. The lowest BCUT2D eigenvalue weighted by atomic mass is 9.97. The Balaban J connectivity index is 0.00000220. The predicted octanol–water partition coefficient (Wildman–Crippen LogP) is 2.14. The van der Waals surface area contributed by atoms with Crippen molar-refractivity contribution in [2.75, 3.05) is 25.5 Å². The van der Waals surface area contributed by atoms with E-state index in [9.17, 15) is 9.59 Å². The third-order valence-electron chi connectivity index (χ3n) is 3.62. The van der Waals surface area contributed by atoms with Crippen molar-refractivity contribution in [2.45, 2.75) is 19.8 Å². The molecule has 1 aliphatic heterocycles. The van der Waals surface area contributed by atoms with Crippen LogP contribution in [0, 0.1) is 12.8 Å². The molecule has 1 saturated heterocycles. The minimum atomic E-state index is -0.388. The van der Waals surface area contributed by atoms with E-state index in [2.05, 4.69) is 10.6 Å². The highest BCUT2D eigenvalue weighted by molar-refractivity contribution is 5.96. The molecule has 2 rings (SSSR count). The van der Waals surface area contributed by atoms with Crippen LogP contribution in [0.2, 0.25) is 0 Å². The minimum Gasteiger partial charge on any atom is -0.465 e. The molecule has 5 nitrogen and oxygen atoms in total. The molecule has 0 spiro atoms. The minimum absolute atomic E-state index is 0. The predicted molar refractivity (Wildman–Crippen MR) is 84.0 cm³/mol. The fourth-order valence-electron chi connectivity index (χ4n) is 2.36. The second-order valence-electron chi connectivity index (χ2n) is 5.03. The highest BCUT2D eigenvalue weighted by Crippen LogP contribution is 2.19. The Morgan fingerprint density at radius 3 is 2.57 bits per heavy atom. The maximum absolute atomic E-state index is 12.1. The summed E-state index contributed by atoms with van der Waals surface area (Å²) in [7, 11) is 1.35. The smallest absolute Gasteiger partial charge is 0.338 e. The zero-order chi connectivity index (χ0) is 14.5. The van der Waals surface area contributed by atoms with Gasteiger partial charge in [-0.2, -0.15) is 0 Å². The van der Waals surface area contributed by atoms with E-state index in [1.807, 2.05) is 13.0 Å². The number of hydrogen-bond donors (Lipinski definition) is 2. The third-order valence-corrected chi connectivity index (χ3v) is 3.62. The van der Waals surface area contributed by atoms with Crippen LogP contribution in [-0.4, -0.2) is 32.1 Å². The average Bonchev–Trinajstić information content (AvgIpc) is 2.49. The molecule has 1 aromatic rings. The van der Waals surface area contributed by atoms with Crippen molar-refractivity contribution in [3.05, 3.63) is 29.3 Å². The summed E-state index contributed by atoms with van der Waals surface area (Å²) in [4.78, 5) is 23.8. The molecule has 0 radical (unpaired) electrons. The van der Waals surface area contributed by atoms with Gasteiger partial charge in [0.25, 0.3) is 0 Å². The maximum Gasteiger partial charge on any atom is 0.338 e. The van der Waals surface area contributed by atoms with E-state index in [0.29, 0.717) is 11.3 Å². The molecule has 1 aromatic carbocycles. The largest absolute Gasteiger partial charge is 0.465 e. The average molecular weight is 313 g/mol. The third kappa shape index (κ3) is 4.44. The molecule has 0 bridgehead atoms. The summed E-state index contributed by atoms with van der Waals surface area (Å²) >= 11 is 0. The van der Waals surface area contributed by atoms with Crippen LogP contribution in [0.15, 0.2) is 18.2 Å². The van der Waals surface area contributed by atoms with Crippen molar-refractivity contribution in [1.29, 1.82) is 0 Å². The van der Waals surface area contributed by atoms with E-state index in [1.165, 1.54) is 7.11 Å². The Morgan fingerprint density at radius 2 is 1.95 bits per heavy atom. The Hall–Kier alpha value is -1.59.